The average molecular weight is 334 g/mol. The van der Waals surface area contributed by atoms with Gasteiger partial charge in [0.25, 0.3) is 5.91 Å². The molecule has 1 amide bonds. The fourth-order valence-corrected chi connectivity index (χ4v) is 3.63. The molecule has 1 saturated heterocycles. The van der Waals surface area contributed by atoms with Crippen molar-refractivity contribution in [2.24, 2.45) is 0 Å². The standard InChI is InChI=1S/C20H22N4O/c25-19(18-15-23-13-6-12-21-20(23)22-18)24-14-5-4-9-17(24)11-10-16-7-2-1-3-8-16/h1-3,6-8,12-13,15,17H,4-5,9-11,14H2/t17-/m0/s1. The van der Waals surface area contributed by atoms with Gasteiger partial charge in [-0.2, -0.15) is 0 Å². The van der Waals surface area contributed by atoms with Crippen molar-refractivity contribution in [3.8, 4) is 0 Å². The lowest BCUT2D eigenvalue weighted by Gasteiger charge is -2.35. The highest BCUT2D eigenvalue weighted by molar-refractivity contribution is 5.93. The minimum Gasteiger partial charge on any atom is -0.334 e. The Kier molecular flexibility index (Phi) is 4.46. The molecular formula is C20H22N4O. The zero-order chi connectivity index (χ0) is 17.1. The maximum absolute atomic E-state index is 13.0. The van der Waals surface area contributed by atoms with Crippen molar-refractivity contribution in [2.75, 3.05) is 6.54 Å². The number of carbonyl (C=O) groups excluding carboxylic acids is 1. The van der Waals surface area contributed by atoms with E-state index in [1.807, 2.05) is 23.2 Å². The topological polar surface area (TPSA) is 50.5 Å². The van der Waals surface area contributed by atoms with Crippen LogP contribution >= 0.6 is 0 Å². The fourth-order valence-electron chi connectivity index (χ4n) is 3.63. The number of carbonyl (C=O) groups is 1. The molecule has 0 radical (unpaired) electrons. The van der Waals surface area contributed by atoms with Gasteiger partial charge in [0.2, 0.25) is 5.78 Å². The van der Waals surface area contributed by atoms with Gasteiger partial charge in [0.05, 0.1) is 0 Å². The van der Waals surface area contributed by atoms with E-state index in [9.17, 15) is 4.79 Å². The van der Waals surface area contributed by atoms with E-state index in [0.29, 0.717) is 17.5 Å². The first-order chi connectivity index (χ1) is 12.3. The summed E-state index contributed by atoms with van der Waals surface area (Å²) in [5.74, 6) is 0.604. The summed E-state index contributed by atoms with van der Waals surface area (Å²) in [6.07, 6.45) is 10.7. The Hall–Kier alpha value is -2.69. The predicted molar refractivity (Wildman–Crippen MR) is 96.4 cm³/mol. The summed E-state index contributed by atoms with van der Waals surface area (Å²) in [4.78, 5) is 23.6. The molecular weight excluding hydrogens is 312 g/mol. The predicted octanol–water partition coefficient (Wildman–Crippen LogP) is 3.36. The molecule has 0 saturated carbocycles. The number of piperidine rings is 1. The molecule has 0 spiro atoms. The molecule has 1 aliphatic rings. The molecule has 5 heteroatoms. The number of hydrogen-bond donors (Lipinski definition) is 0. The summed E-state index contributed by atoms with van der Waals surface area (Å²) in [6.45, 7) is 0.819. The fraction of sp³-hybridized carbons (Fsp3) is 0.350. The number of nitrogens with zero attached hydrogens (tertiary/aromatic N) is 4. The Labute approximate surface area is 147 Å². The van der Waals surface area contributed by atoms with Gasteiger partial charge in [0, 0.05) is 31.2 Å². The van der Waals surface area contributed by atoms with Crippen molar-refractivity contribution in [2.45, 2.75) is 38.1 Å². The minimum atomic E-state index is 0.0308. The van der Waals surface area contributed by atoms with E-state index in [-0.39, 0.29) is 5.91 Å². The normalized spacial score (nSPS) is 17.8. The Morgan fingerprint density at radius 1 is 1.16 bits per heavy atom. The molecule has 1 aliphatic heterocycles. The van der Waals surface area contributed by atoms with Gasteiger partial charge in [-0.3, -0.25) is 9.20 Å². The van der Waals surface area contributed by atoms with Crippen molar-refractivity contribution < 1.29 is 4.79 Å². The molecule has 25 heavy (non-hydrogen) atoms. The van der Waals surface area contributed by atoms with Crippen LogP contribution in [-0.2, 0) is 6.42 Å². The van der Waals surface area contributed by atoms with Crippen molar-refractivity contribution in [1.82, 2.24) is 19.3 Å². The summed E-state index contributed by atoms with van der Waals surface area (Å²) in [5, 5.41) is 0. The summed E-state index contributed by atoms with van der Waals surface area (Å²) in [5.41, 5.74) is 1.82. The number of fused-ring (bicyclic) bond motifs is 1. The van der Waals surface area contributed by atoms with E-state index in [1.54, 1.807) is 16.8 Å². The number of imidazole rings is 1. The van der Waals surface area contributed by atoms with E-state index in [4.69, 9.17) is 0 Å². The third-order valence-corrected chi connectivity index (χ3v) is 4.95. The van der Waals surface area contributed by atoms with Gasteiger partial charge in [0.1, 0.15) is 5.69 Å². The van der Waals surface area contributed by atoms with Crippen molar-refractivity contribution in [3.05, 3.63) is 66.2 Å². The van der Waals surface area contributed by atoms with Crippen LogP contribution in [0.25, 0.3) is 5.78 Å². The summed E-state index contributed by atoms with van der Waals surface area (Å²) >= 11 is 0. The molecule has 1 atom stereocenters. The molecule has 0 bridgehead atoms. The van der Waals surface area contributed by atoms with Gasteiger partial charge in [-0.25, -0.2) is 9.97 Å². The first kappa shape index (κ1) is 15.8. The SMILES string of the molecule is O=C(c1cn2cccnc2n1)N1CCCC[C@H]1CCc1ccccc1. The number of hydrogen-bond acceptors (Lipinski definition) is 3. The van der Waals surface area contributed by atoms with Gasteiger partial charge < -0.3 is 4.90 Å². The average Bonchev–Trinajstić information content (AvgIpc) is 3.11. The molecule has 128 valence electrons. The Morgan fingerprint density at radius 3 is 2.88 bits per heavy atom. The molecule has 0 aliphatic carbocycles. The first-order valence-electron chi connectivity index (χ1n) is 8.96. The highest BCUT2D eigenvalue weighted by Crippen LogP contribution is 2.23. The van der Waals surface area contributed by atoms with Crippen LogP contribution in [0.15, 0.2) is 55.0 Å². The van der Waals surface area contributed by atoms with Gasteiger partial charge in [-0.05, 0) is 43.7 Å². The zero-order valence-corrected chi connectivity index (χ0v) is 14.2. The summed E-state index contributed by atoms with van der Waals surface area (Å²) in [6, 6.07) is 12.6. The number of benzene rings is 1. The molecule has 3 heterocycles. The maximum atomic E-state index is 13.0. The molecule has 5 nitrogen and oxygen atoms in total. The zero-order valence-electron chi connectivity index (χ0n) is 14.2. The Bertz CT molecular complexity index is 825. The lowest BCUT2D eigenvalue weighted by molar-refractivity contribution is 0.0596. The molecule has 0 unspecified atom stereocenters. The first-order valence-corrected chi connectivity index (χ1v) is 8.96. The van der Waals surface area contributed by atoms with E-state index >= 15 is 0 Å². The van der Waals surface area contributed by atoms with E-state index < -0.39 is 0 Å². The number of amides is 1. The van der Waals surface area contributed by atoms with Crippen LogP contribution in [0.1, 0.15) is 41.7 Å². The third kappa shape index (κ3) is 3.40. The lowest BCUT2D eigenvalue weighted by atomic mass is 9.95. The van der Waals surface area contributed by atoms with Crippen molar-refractivity contribution >= 4 is 11.7 Å². The highest BCUT2D eigenvalue weighted by Gasteiger charge is 2.28. The number of aryl methyl sites for hydroxylation is 1. The quantitative estimate of drug-likeness (QED) is 0.735. The monoisotopic (exact) mass is 334 g/mol. The van der Waals surface area contributed by atoms with Crippen LogP contribution in [-0.4, -0.2) is 37.8 Å². The smallest absolute Gasteiger partial charge is 0.274 e. The molecule has 3 aromatic rings. The second-order valence-electron chi connectivity index (χ2n) is 6.63. The molecule has 1 aromatic carbocycles. The molecule has 0 N–H and O–H groups in total. The molecule has 2 aromatic heterocycles. The summed E-state index contributed by atoms with van der Waals surface area (Å²) < 4.78 is 1.80. The van der Waals surface area contributed by atoms with Crippen LogP contribution in [0.4, 0.5) is 0 Å². The van der Waals surface area contributed by atoms with Gasteiger partial charge >= 0.3 is 0 Å². The number of likely N-dealkylation sites (tertiary alicyclic amines) is 1. The van der Waals surface area contributed by atoms with E-state index in [2.05, 4.69) is 34.2 Å². The van der Waals surface area contributed by atoms with Gasteiger partial charge in [-0.1, -0.05) is 30.3 Å². The van der Waals surface area contributed by atoms with Crippen LogP contribution in [0.3, 0.4) is 0 Å². The third-order valence-electron chi connectivity index (χ3n) is 4.95. The Balaban J connectivity index is 1.50. The van der Waals surface area contributed by atoms with E-state index in [0.717, 1.165) is 32.2 Å². The Morgan fingerprint density at radius 2 is 2.04 bits per heavy atom. The van der Waals surface area contributed by atoms with Crippen LogP contribution in [0, 0.1) is 0 Å². The molecule has 1 fully saturated rings. The van der Waals surface area contributed by atoms with Crippen LogP contribution in [0.2, 0.25) is 0 Å². The second kappa shape index (κ2) is 7.05. The van der Waals surface area contributed by atoms with Gasteiger partial charge in [0.15, 0.2) is 0 Å². The summed E-state index contributed by atoms with van der Waals surface area (Å²) in [7, 11) is 0. The van der Waals surface area contributed by atoms with Crippen LogP contribution < -0.4 is 0 Å². The van der Waals surface area contributed by atoms with Crippen LogP contribution in [0.5, 0.6) is 0 Å². The van der Waals surface area contributed by atoms with Gasteiger partial charge in [-0.15, -0.1) is 0 Å². The minimum absolute atomic E-state index is 0.0308. The number of aromatic nitrogens is 3. The highest BCUT2D eigenvalue weighted by atomic mass is 16.2. The van der Waals surface area contributed by atoms with E-state index in [1.165, 1.54) is 12.0 Å². The number of rotatable bonds is 4. The molecule has 4 rings (SSSR count). The maximum Gasteiger partial charge on any atom is 0.274 e. The van der Waals surface area contributed by atoms with Crippen molar-refractivity contribution in [3.63, 3.8) is 0 Å². The lowest BCUT2D eigenvalue weighted by Crippen LogP contribution is -2.44. The van der Waals surface area contributed by atoms with Crippen molar-refractivity contribution in [1.29, 1.82) is 0 Å². The second-order valence-corrected chi connectivity index (χ2v) is 6.63. The largest absolute Gasteiger partial charge is 0.334 e.